The van der Waals surface area contributed by atoms with Gasteiger partial charge in [0.05, 0.1) is 0 Å². The van der Waals surface area contributed by atoms with E-state index in [0.717, 1.165) is 9.82 Å². The third-order valence-electron chi connectivity index (χ3n) is 2.42. The van der Waals surface area contributed by atoms with Crippen LogP contribution >= 0.6 is 0 Å². The van der Waals surface area contributed by atoms with E-state index in [1.807, 2.05) is 13.8 Å². The van der Waals surface area contributed by atoms with Crippen LogP contribution in [0.4, 0.5) is 0 Å². The fourth-order valence-electron chi connectivity index (χ4n) is 1.52. The molecule has 1 aromatic heterocycles. The molecule has 2 rings (SSSR count). The van der Waals surface area contributed by atoms with E-state index in [1.54, 1.807) is 0 Å². The summed E-state index contributed by atoms with van der Waals surface area (Å²) in [6.07, 6.45) is 0. The molecule has 1 heterocycles. The predicted molar refractivity (Wildman–Crippen MR) is 56.8 cm³/mol. The number of hydrogen-bond acceptors (Lipinski definition) is 1. The summed E-state index contributed by atoms with van der Waals surface area (Å²) in [6, 6.07) is 4.35. The van der Waals surface area contributed by atoms with Crippen LogP contribution in [0.2, 0.25) is 0 Å². The van der Waals surface area contributed by atoms with Gasteiger partial charge in [0.1, 0.15) is 0 Å². The fourth-order valence-corrected chi connectivity index (χ4v) is 3.61. The summed E-state index contributed by atoms with van der Waals surface area (Å²) in [6.45, 7) is 6.16. The van der Waals surface area contributed by atoms with Crippen molar-refractivity contribution >= 4 is 24.1 Å². The molecule has 1 aromatic carbocycles. The summed E-state index contributed by atoms with van der Waals surface area (Å²) < 4.78 is 2.55. The van der Waals surface area contributed by atoms with Crippen LogP contribution in [-0.2, 0) is 0 Å². The Hall–Kier alpha value is -0.721. The Kier molecular flexibility index (Phi) is 1.98. The SMILES string of the molecule is Cc1cc2cc(C)c(C)c(O)c2[se]1. The molecular weight excluding hydrogens is 227 g/mol. The molecule has 0 atom stereocenters. The van der Waals surface area contributed by atoms with Crippen molar-refractivity contribution in [3.8, 4) is 5.75 Å². The standard InChI is InChI=1S/C11H12OSe/c1-6-4-9-5-7(2)13-11(9)10(12)8(6)3/h4-5,12H,1-3H3. The van der Waals surface area contributed by atoms with Gasteiger partial charge in [0.25, 0.3) is 0 Å². The van der Waals surface area contributed by atoms with Crippen LogP contribution in [0.3, 0.4) is 0 Å². The molecule has 0 fully saturated rings. The van der Waals surface area contributed by atoms with Gasteiger partial charge in [0.15, 0.2) is 0 Å². The van der Waals surface area contributed by atoms with E-state index < -0.39 is 0 Å². The van der Waals surface area contributed by atoms with Crippen molar-refractivity contribution in [3.63, 3.8) is 0 Å². The molecule has 0 amide bonds. The van der Waals surface area contributed by atoms with E-state index in [1.165, 1.54) is 15.4 Å². The van der Waals surface area contributed by atoms with Gasteiger partial charge < -0.3 is 0 Å². The van der Waals surface area contributed by atoms with E-state index in [9.17, 15) is 5.11 Å². The van der Waals surface area contributed by atoms with E-state index in [4.69, 9.17) is 0 Å². The Morgan fingerprint density at radius 3 is 2.54 bits per heavy atom. The molecule has 1 N–H and O–H groups in total. The molecule has 13 heavy (non-hydrogen) atoms. The number of phenolic OH excluding ortho intramolecular Hbond substituents is 1. The number of rotatable bonds is 0. The van der Waals surface area contributed by atoms with E-state index in [-0.39, 0.29) is 0 Å². The van der Waals surface area contributed by atoms with Crippen LogP contribution in [0.15, 0.2) is 12.1 Å². The summed E-state index contributed by atoms with van der Waals surface area (Å²) in [7, 11) is 0. The minimum absolute atomic E-state index is 0.345. The summed E-state index contributed by atoms with van der Waals surface area (Å²) in [4.78, 5) is 0. The molecule has 1 nitrogen and oxygen atoms in total. The fraction of sp³-hybridized carbons (Fsp3) is 0.273. The Bertz CT molecular complexity index is 468. The van der Waals surface area contributed by atoms with E-state index >= 15 is 0 Å². The monoisotopic (exact) mass is 240 g/mol. The second-order valence-electron chi connectivity index (χ2n) is 3.44. The average Bonchev–Trinajstić information content (AvgIpc) is 2.42. The summed E-state index contributed by atoms with van der Waals surface area (Å²) in [5.74, 6) is 0.517. The number of aromatic hydroxyl groups is 1. The first-order valence-electron chi connectivity index (χ1n) is 4.29. The molecule has 0 saturated heterocycles. The third kappa shape index (κ3) is 1.31. The molecule has 0 aliphatic carbocycles. The number of phenols is 1. The van der Waals surface area contributed by atoms with Gasteiger partial charge in [0, 0.05) is 0 Å². The molecular formula is C11H12OSe. The molecule has 0 aliphatic rings. The first kappa shape index (κ1) is 8.86. The normalized spacial score (nSPS) is 11.0. The predicted octanol–water partition coefficient (Wildman–Crippen LogP) is 2.53. The Balaban J connectivity index is 2.92. The van der Waals surface area contributed by atoms with Crippen LogP contribution < -0.4 is 0 Å². The van der Waals surface area contributed by atoms with Crippen molar-refractivity contribution in [1.82, 2.24) is 0 Å². The van der Waals surface area contributed by atoms with Crippen molar-refractivity contribution in [1.29, 1.82) is 0 Å². The van der Waals surface area contributed by atoms with Crippen molar-refractivity contribution in [2.45, 2.75) is 20.8 Å². The van der Waals surface area contributed by atoms with Crippen LogP contribution in [0.5, 0.6) is 5.75 Å². The van der Waals surface area contributed by atoms with Crippen molar-refractivity contribution in [2.75, 3.05) is 0 Å². The Labute approximate surface area is 83.8 Å². The van der Waals surface area contributed by atoms with Gasteiger partial charge in [-0.2, -0.15) is 0 Å². The van der Waals surface area contributed by atoms with Gasteiger partial charge in [-0.05, 0) is 0 Å². The molecule has 0 aliphatic heterocycles. The summed E-state index contributed by atoms with van der Waals surface area (Å²) in [5.41, 5.74) is 2.21. The van der Waals surface area contributed by atoms with E-state index in [0.29, 0.717) is 20.3 Å². The van der Waals surface area contributed by atoms with Gasteiger partial charge in [-0.3, -0.25) is 0 Å². The number of aryl methyl sites for hydroxylation is 2. The average molecular weight is 239 g/mol. The van der Waals surface area contributed by atoms with Crippen molar-refractivity contribution < 1.29 is 5.11 Å². The van der Waals surface area contributed by atoms with Crippen LogP contribution in [0, 0.1) is 20.8 Å². The maximum atomic E-state index is 9.90. The van der Waals surface area contributed by atoms with Gasteiger partial charge in [-0.15, -0.1) is 0 Å². The zero-order valence-corrected chi connectivity index (χ0v) is 9.72. The summed E-state index contributed by atoms with van der Waals surface area (Å²) in [5, 5.41) is 11.1. The number of fused-ring (bicyclic) bond motifs is 1. The zero-order valence-electron chi connectivity index (χ0n) is 8.01. The van der Waals surface area contributed by atoms with Crippen molar-refractivity contribution in [3.05, 3.63) is 27.7 Å². The number of benzene rings is 1. The molecule has 0 saturated carbocycles. The molecule has 68 valence electrons. The summed E-state index contributed by atoms with van der Waals surface area (Å²) >= 11 is 0.345. The van der Waals surface area contributed by atoms with E-state index in [2.05, 4.69) is 19.1 Å². The van der Waals surface area contributed by atoms with Crippen LogP contribution in [-0.4, -0.2) is 19.6 Å². The minimum atomic E-state index is 0.345. The maximum absolute atomic E-state index is 9.90. The zero-order chi connectivity index (χ0) is 9.59. The first-order chi connectivity index (χ1) is 6.09. The molecule has 2 heteroatoms. The molecule has 0 spiro atoms. The molecule has 0 radical (unpaired) electrons. The van der Waals surface area contributed by atoms with Crippen molar-refractivity contribution in [2.24, 2.45) is 0 Å². The molecule has 0 unspecified atom stereocenters. The first-order valence-corrected chi connectivity index (χ1v) is 6.00. The second-order valence-corrected chi connectivity index (χ2v) is 6.08. The second kappa shape index (κ2) is 2.90. The van der Waals surface area contributed by atoms with Gasteiger partial charge in [0.2, 0.25) is 0 Å². The third-order valence-corrected chi connectivity index (χ3v) is 4.67. The van der Waals surface area contributed by atoms with Crippen LogP contribution in [0.1, 0.15) is 15.6 Å². The van der Waals surface area contributed by atoms with Gasteiger partial charge in [-0.25, -0.2) is 0 Å². The molecule has 0 bridgehead atoms. The molecule has 2 aromatic rings. The van der Waals surface area contributed by atoms with Gasteiger partial charge in [-0.1, -0.05) is 0 Å². The number of hydrogen-bond donors (Lipinski definition) is 1. The topological polar surface area (TPSA) is 20.2 Å². The Morgan fingerprint density at radius 2 is 1.85 bits per heavy atom. The quantitative estimate of drug-likeness (QED) is 0.700. The van der Waals surface area contributed by atoms with Crippen LogP contribution in [0.25, 0.3) is 9.65 Å². The van der Waals surface area contributed by atoms with Gasteiger partial charge >= 0.3 is 83.5 Å². The Morgan fingerprint density at radius 1 is 1.15 bits per heavy atom.